The standard InChI is InChI=1S/C29H29N5O9S/c1-44(40,41)34-17-16-33(28(34)38)27(37)30-25(26(36)31-32(20-35)18-21-8-4-2-5-9-21)23-12-14-24(15-13-23)43-29(39)42-19-22-10-6-3-7-11-22/h2-15,20,25H,16-19H2,1H3,(H,30,37)(H,31,36)/p+1. The third kappa shape index (κ3) is 8.39. The molecule has 2 atom stereocenters. The number of nitrogens with zero attached hydrogens (tertiary/aromatic N) is 2. The third-order valence-electron chi connectivity index (χ3n) is 6.42. The zero-order valence-electron chi connectivity index (χ0n) is 23.5. The topological polar surface area (TPSA) is 173 Å². The van der Waals surface area contributed by atoms with E-state index in [1.54, 1.807) is 54.6 Å². The van der Waals surface area contributed by atoms with E-state index in [4.69, 9.17) is 9.47 Å². The number of amides is 6. The minimum Gasteiger partial charge on any atom is -0.429 e. The Hall–Kier alpha value is -5.28. The molecule has 0 bridgehead atoms. The normalized spacial score (nSPS) is 14.3. The number of nitrogens with one attached hydrogen (secondary N) is 3. The summed E-state index contributed by atoms with van der Waals surface area (Å²) >= 11 is 0. The molecule has 6 amide bonds. The minimum absolute atomic E-state index is 0.00341. The number of urea groups is 2. The van der Waals surface area contributed by atoms with E-state index < -0.39 is 40.2 Å². The summed E-state index contributed by atoms with van der Waals surface area (Å²) in [5, 5.41) is 2.46. The fourth-order valence-electron chi connectivity index (χ4n) is 4.25. The van der Waals surface area contributed by atoms with Crippen molar-refractivity contribution in [1.29, 1.82) is 0 Å². The molecule has 3 aromatic carbocycles. The number of hydrogen-bond donors (Lipinski definition) is 3. The Kier molecular flexibility index (Phi) is 10.3. The highest BCUT2D eigenvalue weighted by Crippen LogP contribution is 2.20. The fourth-order valence-corrected chi connectivity index (χ4v) is 5.04. The van der Waals surface area contributed by atoms with E-state index in [0.29, 0.717) is 15.6 Å². The summed E-state index contributed by atoms with van der Waals surface area (Å²) in [4.78, 5) is 63.7. The van der Waals surface area contributed by atoms with Crippen LogP contribution in [0.4, 0.5) is 14.4 Å². The van der Waals surface area contributed by atoms with E-state index >= 15 is 0 Å². The molecule has 0 aromatic heterocycles. The molecule has 1 saturated heterocycles. The SMILES string of the molecule is CS(=O)(=O)N1CCN(C(=O)NC(C(=O)N[NH+](C=O)Cc2ccccc2)c2ccc(OC(=O)OCc3ccccc3)cc2)C1=O. The van der Waals surface area contributed by atoms with E-state index in [1.807, 2.05) is 6.07 Å². The van der Waals surface area contributed by atoms with Gasteiger partial charge in [-0.3, -0.25) is 4.79 Å². The van der Waals surface area contributed by atoms with Gasteiger partial charge in [-0.15, -0.1) is 0 Å². The van der Waals surface area contributed by atoms with Gasteiger partial charge in [0, 0.05) is 5.56 Å². The zero-order chi connectivity index (χ0) is 31.7. The van der Waals surface area contributed by atoms with Crippen LogP contribution in [0.5, 0.6) is 5.75 Å². The van der Waals surface area contributed by atoms with Crippen molar-refractivity contribution < 1.29 is 46.9 Å². The first kappa shape index (κ1) is 31.7. The number of benzene rings is 3. The molecule has 1 fully saturated rings. The second-order valence-electron chi connectivity index (χ2n) is 9.64. The maximum absolute atomic E-state index is 13.4. The molecular weight excluding hydrogens is 594 g/mol. The van der Waals surface area contributed by atoms with Gasteiger partial charge < -0.3 is 14.8 Å². The van der Waals surface area contributed by atoms with Gasteiger partial charge in [0.1, 0.15) is 24.9 Å². The zero-order valence-corrected chi connectivity index (χ0v) is 24.4. The van der Waals surface area contributed by atoms with Gasteiger partial charge in [-0.05, 0) is 23.3 Å². The molecule has 0 aliphatic carbocycles. The first-order chi connectivity index (χ1) is 21.0. The van der Waals surface area contributed by atoms with Gasteiger partial charge in [0.15, 0.2) is 0 Å². The van der Waals surface area contributed by atoms with E-state index in [1.165, 1.54) is 24.3 Å². The van der Waals surface area contributed by atoms with Gasteiger partial charge in [-0.25, -0.2) is 36.8 Å². The quantitative estimate of drug-likeness (QED) is 0.122. The van der Waals surface area contributed by atoms with Crippen LogP contribution in [0.2, 0.25) is 0 Å². The highest BCUT2D eigenvalue weighted by molar-refractivity contribution is 7.88. The highest BCUT2D eigenvalue weighted by Gasteiger charge is 2.39. The Morgan fingerprint density at radius 2 is 1.55 bits per heavy atom. The Bertz CT molecular complexity index is 1600. The Morgan fingerprint density at radius 1 is 0.932 bits per heavy atom. The molecule has 3 aromatic rings. The second kappa shape index (κ2) is 14.3. The summed E-state index contributed by atoms with van der Waals surface area (Å²) in [6.07, 6.45) is 0.362. The van der Waals surface area contributed by atoms with Crippen LogP contribution in [0, 0.1) is 0 Å². The summed E-state index contributed by atoms with van der Waals surface area (Å²) in [6, 6.07) is 19.9. The van der Waals surface area contributed by atoms with E-state index in [9.17, 15) is 32.4 Å². The predicted octanol–water partition coefficient (Wildman–Crippen LogP) is 1.12. The molecule has 1 aliphatic heterocycles. The molecule has 4 rings (SSSR count). The lowest BCUT2D eigenvalue weighted by Gasteiger charge is -2.23. The molecule has 14 nitrogen and oxygen atoms in total. The molecule has 1 aliphatic rings. The fraction of sp³-hybridized carbons (Fsp3) is 0.207. The minimum atomic E-state index is -3.91. The second-order valence-corrected chi connectivity index (χ2v) is 11.5. The molecule has 0 radical (unpaired) electrons. The number of hydrogen-bond acceptors (Lipinski definition) is 9. The van der Waals surface area contributed by atoms with Crippen molar-refractivity contribution in [2.75, 3.05) is 19.3 Å². The number of carbonyl (C=O) groups is 5. The van der Waals surface area contributed by atoms with Crippen LogP contribution in [0.25, 0.3) is 0 Å². The van der Waals surface area contributed by atoms with Crippen molar-refractivity contribution in [3.05, 3.63) is 102 Å². The van der Waals surface area contributed by atoms with Crippen molar-refractivity contribution in [3.8, 4) is 5.75 Å². The maximum Gasteiger partial charge on any atom is 0.514 e. The lowest BCUT2D eigenvalue weighted by atomic mass is 10.1. The summed E-state index contributed by atoms with van der Waals surface area (Å²) in [5.41, 5.74) is 4.23. The molecule has 0 saturated carbocycles. The summed E-state index contributed by atoms with van der Waals surface area (Å²) < 4.78 is 34.6. The third-order valence-corrected chi connectivity index (χ3v) is 7.56. The predicted molar refractivity (Wildman–Crippen MR) is 154 cm³/mol. The Morgan fingerprint density at radius 3 is 2.11 bits per heavy atom. The number of imide groups is 1. The van der Waals surface area contributed by atoms with E-state index in [0.717, 1.165) is 17.4 Å². The first-order valence-corrected chi connectivity index (χ1v) is 15.1. The lowest BCUT2D eigenvalue weighted by Crippen LogP contribution is -3.17. The summed E-state index contributed by atoms with van der Waals surface area (Å²) in [6.45, 7) is -0.378. The molecule has 2 unspecified atom stereocenters. The van der Waals surface area contributed by atoms with Crippen LogP contribution in [0.1, 0.15) is 22.7 Å². The summed E-state index contributed by atoms with van der Waals surface area (Å²) in [5.74, 6) is -0.723. The van der Waals surface area contributed by atoms with Gasteiger partial charge in [0.2, 0.25) is 10.0 Å². The summed E-state index contributed by atoms with van der Waals surface area (Å²) in [7, 11) is -3.91. The van der Waals surface area contributed by atoms with E-state index in [-0.39, 0.29) is 42.6 Å². The molecular formula is C29H30N5O9S+. The first-order valence-electron chi connectivity index (χ1n) is 13.3. The van der Waals surface area contributed by atoms with Crippen LogP contribution in [0.15, 0.2) is 84.9 Å². The lowest BCUT2D eigenvalue weighted by molar-refractivity contribution is -0.863. The van der Waals surface area contributed by atoms with Gasteiger partial charge in [-0.1, -0.05) is 72.8 Å². The van der Waals surface area contributed by atoms with Crippen LogP contribution in [-0.2, 0) is 37.5 Å². The highest BCUT2D eigenvalue weighted by atomic mass is 32.2. The number of carbonyl (C=O) groups excluding carboxylic acids is 5. The largest absolute Gasteiger partial charge is 0.514 e. The molecule has 0 spiro atoms. The average Bonchev–Trinajstić information content (AvgIpc) is 3.42. The van der Waals surface area contributed by atoms with Crippen LogP contribution < -0.4 is 20.5 Å². The molecule has 1 heterocycles. The van der Waals surface area contributed by atoms with Gasteiger partial charge in [-0.2, -0.15) is 10.4 Å². The number of ether oxygens (including phenoxy) is 2. The van der Waals surface area contributed by atoms with Crippen LogP contribution in [-0.4, -0.2) is 67.5 Å². The van der Waals surface area contributed by atoms with Crippen LogP contribution >= 0.6 is 0 Å². The Labute approximate surface area is 253 Å². The van der Waals surface area contributed by atoms with Crippen molar-refractivity contribution in [1.82, 2.24) is 19.9 Å². The van der Waals surface area contributed by atoms with Crippen molar-refractivity contribution in [2.45, 2.75) is 19.2 Å². The smallest absolute Gasteiger partial charge is 0.429 e. The van der Waals surface area contributed by atoms with E-state index in [2.05, 4.69) is 10.7 Å². The maximum atomic E-state index is 13.4. The molecule has 230 valence electrons. The molecule has 44 heavy (non-hydrogen) atoms. The van der Waals surface area contributed by atoms with Gasteiger partial charge in [0.25, 0.3) is 5.91 Å². The average molecular weight is 625 g/mol. The monoisotopic (exact) mass is 624 g/mol. The molecule has 3 N–H and O–H groups in total. The van der Waals surface area contributed by atoms with Gasteiger partial charge >= 0.3 is 24.6 Å². The van der Waals surface area contributed by atoms with Crippen molar-refractivity contribution in [2.24, 2.45) is 0 Å². The van der Waals surface area contributed by atoms with Crippen molar-refractivity contribution >= 4 is 40.6 Å². The Balaban J connectivity index is 1.49. The number of sulfonamides is 1. The van der Waals surface area contributed by atoms with Crippen molar-refractivity contribution in [3.63, 3.8) is 0 Å². The molecule has 15 heteroatoms. The number of rotatable bonds is 11. The number of quaternary nitrogens is 1. The van der Waals surface area contributed by atoms with Crippen LogP contribution in [0.3, 0.4) is 0 Å². The van der Waals surface area contributed by atoms with Gasteiger partial charge in [0.05, 0.1) is 19.3 Å².